The van der Waals surface area contributed by atoms with Gasteiger partial charge in [0.25, 0.3) is 0 Å². The lowest BCUT2D eigenvalue weighted by Gasteiger charge is -2.42. The molecule has 0 unspecified atom stereocenters. The summed E-state index contributed by atoms with van der Waals surface area (Å²) in [5.41, 5.74) is 1.04. The lowest BCUT2D eigenvalue weighted by molar-refractivity contribution is -0.116. The van der Waals surface area contributed by atoms with Crippen LogP contribution in [0.25, 0.3) is 0 Å². The summed E-state index contributed by atoms with van der Waals surface area (Å²) < 4.78 is 0.909. The van der Waals surface area contributed by atoms with E-state index in [9.17, 15) is 4.79 Å². The average Bonchev–Trinajstić information content (AvgIpc) is 2.31. The number of anilines is 1. The van der Waals surface area contributed by atoms with Crippen LogP contribution in [0.2, 0.25) is 0 Å². The van der Waals surface area contributed by atoms with E-state index < -0.39 is 0 Å². The molecule has 18 heavy (non-hydrogen) atoms. The van der Waals surface area contributed by atoms with Gasteiger partial charge in [-0.2, -0.15) is 0 Å². The van der Waals surface area contributed by atoms with Crippen LogP contribution < -0.4 is 10.6 Å². The third-order valence-corrected chi connectivity index (χ3v) is 4.45. The van der Waals surface area contributed by atoms with E-state index in [0.717, 1.165) is 16.6 Å². The SMILES string of the molecule is CCC1(NCC(=O)Nc2ccccc2Br)CCC1. The predicted octanol–water partition coefficient (Wildman–Crippen LogP) is 3.31. The third kappa shape index (κ3) is 3.12. The van der Waals surface area contributed by atoms with Gasteiger partial charge in [-0.25, -0.2) is 0 Å². The number of hydrogen-bond donors (Lipinski definition) is 2. The predicted molar refractivity (Wildman–Crippen MR) is 77.6 cm³/mol. The van der Waals surface area contributed by atoms with Crippen molar-refractivity contribution < 1.29 is 4.79 Å². The van der Waals surface area contributed by atoms with Crippen molar-refractivity contribution in [1.82, 2.24) is 5.32 Å². The number of nitrogens with one attached hydrogen (secondary N) is 2. The van der Waals surface area contributed by atoms with Crippen molar-refractivity contribution in [2.45, 2.75) is 38.1 Å². The normalized spacial score (nSPS) is 17.0. The summed E-state index contributed by atoms with van der Waals surface area (Å²) in [5.74, 6) is 0.0154. The van der Waals surface area contributed by atoms with Gasteiger partial charge in [0.2, 0.25) is 5.91 Å². The summed E-state index contributed by atoms with van der Waals surface area (Å²) in [4.78, 5) is 11.9. The van der Waals surface area contributed by atoms with Crippen LogP contribution in [0.3, 0.4) is 0 Å². The Labute approximate surface area is 116 Å². The van der Waals surface area contributed by atoms with Crippen molar-refractivity contribution in [3.8, 4) is 0 Å². The van der Waals surface area contributed by atoms with Gasteiger partial charge in [0.1, 0.15) is 0 Å². The Morgan fingerprint density at radius 2 is 2.11 bits per heavy atom. The summed E-state index contributed by atoms with van der Waals surface area (Å²) >= 11 is 3.42. The van der Waals surface area contributed by atoms with Crippen molar-refractivity contribution in [1.29, 1.82) is 0 Å². The highest BCUT2D eigenvalue weighted by Crippen LogP contribution is 2.34. The number of carbonyl (C=O) groups is 1. The Morgan fingerprint density at radius 3 is 2.67 bits per heavy atom. The molecule has 1 saturated carbocycles. The van der Waals surface area contributed by atoms with Gasteiger partial charge in [-0.05, 0) is 53.7 Å². The zero-order valence-electron chi connectivity index (χ0n) is 10.6. The fourth-order valence-electron chi connectivity index (χ4n) is 2.28. The zero-order chi connectivity index (χ0) is 13.0. The molecule has 2 rings (SSSR count). The molecule has 0 bridgehead atoms. The van der Waals surface area contributed by atoms with Gasteiger partial charge in [-0.3, -0.25) is 4.79 Å². The van der Waals surface area contributed by atoms with E-state index in [-0.39, 0.29) is 11.4 Å². The van der Waals surface area contributed by atoms with E-state index in [1.807, 2.05) is 24.3 Å². The number of carbonyl (C=O) groups excluding carboxylic acids is 1. The van der Waals surface area contributed by atoms with Crippen molar-refractivity contribution >= 4 is 27.5 Å². The lowest BCUT2D eigenvalue weighted by atomic mass is 9.75. The molecule has 0 radical (unpaired) electrons. The molecule has 1 fully saturated rings. The van der Waals surface area contributed by atoms with Crippen LogP contribution in [-0.2, 0) is 4.79 Å². The maximum atomic E-state index is 11.9. The van der Waals surface area contributed by atoms with E-state index in [4.69, 9.17) is 0 Å². The van der Waals surface area contributed by atoms with E-state index >= 15 is 0 Å². The number of halogens is 1. The van der Waals surface area contributed by atoms with Gasteiger partial charge in [0, 0.05) is 10.0 Å². The summed E-state index contributed by atoms with van der Waals surface area (Å²) in [6.07, 6.45) is 4.74. The number of rotatable bonds is 5. The van der Waals surface area contributed by atoms with E-state index in [2.05, 4.69) is 33.5 Å². The maximum Gasteiger partial charge on any atom is 0.238 e. The first-order valence-corrected chi connectivity index (χ1v) is 7.24. The fraction of sp³-hybridized carbons (Fsp3) is 0.500. The summed E-state index contributed by atoms with van der Waals surface area (Å²) in [7, 11) is 0. The minimum atomic E-state index is 0.0154. The molecule has 4 heteroatoms. The van der Waals surface area contributed by atoms with Gasteiger partial charge in [-0.1, -0.05) is 19.1 Å². The molecule has 98 valence electrons. The molecule has 1 amide bonds. The molecule has 0 spiro atoms. The van der Waals surface area contributed by atoms with Gasteiger partial charge in [-0.15, -0.1) is 0 Å². The lowest BCUT2D eigenvalue weighted by Crippen LogP contribution is -2.52. The topological polar surface area (TPSA) is 41.1 Å². The zero-order valence-corrected chi connectivity index (χ0v) is 12.2. The Morgan fingerprint density at radius 1 is 1.39 bits per heavy atom. The quantitative estimate of drug-likeness (QED) is 0.876. The molecular weight excluding hydrogens is 292 g/mol. The molecule has 0 heterocycles. The number of amides is 1. The molecule has 1 aliphatic rings. The molecule has 0 aromatic heterocycles. The average molecular weight is 311 g/mol. The standard InChI is InChI=1S/C14H19BrN2O/c1-2-14(8-5-9-14)16-10-13(18)17-12-7-4-3-6-11(12)15/h3-4,6-7,16H,2,5,8-10H2,1H3,(H,17,18). The highest BCUT2D eigenvalue weighted by atomic mass is 79.9. The Balaban J connectivity index is 1.84. The number of benzene rings is 1. The molecule has 0 saturated heterocycles. The Kier molecular flexibility index (Phi) is 4.40. The van der Waals surface area contributed by atoms with E-state index in [1.165, 1.54) is 19.3 Å². The van der Waals surface area contributed by atoms with E-state index in [1.54, 1.807) is 0 Å². The van der Waals surface area contributed by atoms with Crippen LogP contribution in [0, 0.1) is 0 Å². The minimum Gasteiger partial charge on any atom is -0.324 e. The minimum absolute atomic E-state index is 0.0154. The number of para-hydroxylation sites is 1. The molecule has 2 N–H and O–H groups in total. The molecule has 1 aliphatic carbocycles. The van der Waals surface area contributed by atoms with Crippen LogP contribution in [-0.4, -0.2) is 18.0 Å². The highest BCUT2D eigenvalue weighted by Gasteiger charge is 2.34. The second-order valence-corrected chi connectivity index (χ2v) is 5.72. The summed E-state index contributed by atoms with van der Waals surface area (Å²) in [6.45, 7) is 2.56. The van der Waals surface area contributed by atoms with Gasteiger partial charge >= 0.3 is 0 Å². The molecule has 1 aromatic carbocycles. The maximum absolute atomic E-state index is 11.9. The molecule has 1 aromatic rings. The summed E-state index contributed by atoms with van der Waals surface area (Å²) in [6, 6.07) is 7.65. The van der Waals surface area contributed by atoms with Crippen LogP contribution in [0.5, 0.6) is 0 Å². The van der Waals surface area contributed by atoms with Crippen molar-refractivity contribution in [3.05, 3.63) is 28.7 Å². The van der Waals surface area contributed by atoms with Gasteiger partial charge < -0.3 is 10.6 Å². The van der Waals surface area contributed by atoms with Crippen LogP contribution >= 0.6 is 15.9 Å². The van der Waals surface area contributed by atoms with Gasteiger partial charge in [0.05, 0.1) is 12.2 Å². The smallest absolute Gasteiger partial charge is 0.238 e. The van der Waals surface area contributed by atoms with Crippen molar-refractivity contribution in [2.75, 3.05) is 11.9 Å². The Hall–Kier alpha value is -0.870. The van der Waals surface area contributed by atoms with Crippen molar-refractivity contribution in [2.24, 2.45) is 0 Å². The largest absolute Gasteiger partial charge is 0.324 e. The third-order valence-electron chi connectivity index (χ3n) is 3.76. The van der Waals surface area contributed by atoms with Crippen molar-refractivity contribution in [3.63, 3.8) is 0 Å². The fourth-order valence-corrected chi connectivity index (χ4v) is 2.67. The number of hydrogen-bond acceptors (Lipinski definition) is 2. The monoisotopic (exact) mass is 310 g/mol. The first-order chi connectivity index (χ1) is 8.65. The highest BCUT2D eigenvalue weighted by molar-refractivity contribution is 9.10. The van der Waals surface area contributed by atoms with Crippen LogP contribution in [0.15, 0.2) is 28.7 Å². The first-order valence-electron chi connectivity index (χ1n) is 6.45. The van der Waals surface area contributed by atoms with Gasteiger partial charge in [0.15, 0.2) is 0 Å². The van der Waals surface area contributed by atoms with Crippen LogP contribution in [0.4, 0.5) is 5.69 Å². The van der Waals surface area contributed by atoms with Crippen LogP contribution in [0.1, 0.15) is 32.6 Å². The molecular formula is C14H19BrN2O. The summed E-state index contributed by atoms with van der Waals surface area (Å²) in [5, 5.41) is 6.30. The second kappa shape index (κ2) is 5.85. The van der Waals surface area contributed by atoms with E-state index in [0.29, 0.717) is 6.54 Å². The molecule has 0 atom stereocenters. The first kappa shape index (κ1) is 13.6. The molecule has 3 nitrogen and oxygen atoms in total. The Bertz CT molecular complexity index is 424. The molecule has 0 aliphatic heterocycles. The second-order valence-electron chi connectivity index (χ2n) is 4.87.